The molecular weight excluding hydrogens is 700 g/mol. The first-order chi connectivity index (χ1) is 24.5. The minimum absolute atomic E-state index is 0.000250. The van der Waals surface area contributed by atoms with Crippen molar-refractivity contribution in [2.45, 2.75) is 87.5 Å². The molecule has 0 spiro atoms. The molecule has 16 heteroatoms. The number of aromatic nitrogens is 2. The van der Waals surface area contributed by atoms with Gasteiger partial charge in [0.15, 0.2) is 5.78 Å². The first kappa shape index (κ1) is 39.1. The topological polar surface area (TPSA) is 216 Å². The Morgan fingerprint density at radius 3 is 2.50 bits per heavy atom. The van der Waals surface area contributed by atoms with Gasteiger partial charge in [0.05, 0.1) is 48.1 Å². The Kier molecular flexibility index (Phi) is 11.6. The van der Waals surface area contributed by atoms with E-state index in [9.17, 15) is 38.2 Å². The van der Waals surface area contributed by atoms with Crippen molar-refractivity contribution in [1.82, 2.24) is 5.16 Å². The van der Waals surface area contributed by atoms with E-state index in [1.54, 1.807) is 19.9 Å². The molecule has 3 aliphatic carbocycles. The number of Topliss-reactive ketones (excluding diaryl/α,β-unsaturated/α-hetero) is 1. The minimum Gasteiger partial charge on any atom is -0.463 e. The maximum atomic E-state index is 13.7. The van der Waals surface area contributed by atoms with Gasteiger partial charge >= 0.3 is 22.8 Å². The van der Waals surface area contributed by atoms with Crippen LogP contribution < -0.4 is 9.64 Å². The molecule has 2 fully saturated rings. The van der Waals surface area contributed by atoms with Crippen LogP contribution in [0.25, 0.3) is 0 Å². The number of carbonyl (C=O) groups is 3. The lowest BCUT2D eigenvalue weighted by Crippen LogP contribution is -2.52. The second-order valence-corrected chi connectivity index (χ2v) is 16.3. The fourth-order valence-electron chi connectivity index (χ4n) is 7.54. The van der Waals surface area contributed by atoms with Crippen LogP contribution in [-0.4, -0.2) is 85.7 Å². The van der Waals surface area contributed by atoms with Crippen molar-refractivity contribution in [3.63, 3.8) is 0 Å². The van der Waals surface area contributed by atoms with Gasteiger partial charge in [-0.3, -0.25) is 19.0 Å². The molecule has 15 nitrogen and oxygen atoms in total. The van der Waals surface area contributed by atoms with E-state index < -0.39 is 68.1 Å². The summed E-state index contributed by atoms with van der Waals surface area (Å²) in [6.07, 6.45) is 0.160. The van der Waals surface area contributed by atoms with Crippen LogP contribution in [0.4, 0.5) is 0 Å². The SMILES string of the molecule is C=C1CC[C@H]2[C@@H](/C=C(\C)C(=O)[C@@]3(O)C[C@H](C)[C@H](O)[C@@H]3[C@H]1OC(=O)CCC(=O)OCCOCCOc1no[n+]([O-])c1S(=O)(=O)c1ccccc1)C2(C)C. The summed E-state index contributed by atoms with van der Waals surface area (Å²) in [5, 5.41) is 37.6. The average Bonchev–Trinajstić information content (AvgIpc) is 3.29. The van der Waals surface area contributed by atoms with Gasteiger partial charge in [0.1, 0.15) is 24.9 Å². The smallest absolute Gasteiger partial charge is 0.415 e. The molecule has 1 heterocycles. The zero-order chi connectivity index (χ0) is 38.0. The molecule has 0 unspecified atom stereocenters. The highest BCUT2D eigenvalue weighted by Crippen LogP contribution is 2.62. The maximum absolute atomic E-state index is 13.7. The normalized spacial score (nSPS) is 29.5. The fourth-order valence-corrected chi connectivity index (χ4v) is 8.83. The van der Waals surface area contributed by atoms with Crippen LogP contribution >= 0.6 is 0 Å². The zero-order valence-electron chi connectivity index (χ0n) is 29.7. The second kappa shape index (κ2) is 15.5. The van der Waals surface area contributed by atoms with E-state index in [1.165, 1.54) is 24.3 Å². The van der Waals surface area contributed by atoms with Gasteiger partial charge in [-0.25, -0.2) is 8.42 Å². The first-order valence-electron chi connectivity index (χ1n) is 17.3. The number of hydrogen-bond donors (Lipinski definition) is 2. The van der Waals surface area contributed by atoms with Crippen LogP contribution in [0, 0.1) is 34.3 Å². The molecular formula is C36H46N2O13S. The Labute approximate surface area is 302 Å². The fraction of sp³-hybridized carbons (Fsp3) is 0.583. The van der Waals surface area contributed by atoms with Crippen molar-refractivity contribution in [1.29, 1.82) is 0 Å². The lowest BCUT2D eigenvalue weighted by molar-refractivity contribution is -0.832. The van der Waals surface area contributed by atoms with Crippen LogP contribution in [0.5, 0.6) is 5.88 Å². The van der Waals surface area contributed by atoms with Gasteiger partial charge in [0, 0.05) is 0 Å². The largest absolute Gasteiger partial charge is 0.463 e. The van der Waals surface area contributed by atoms with Crippen molar-refractivity contribution >= 4 is 27.6 Å². The second-order valence-electron chi connectivity index (χ2n) is 14.4. The molecule has 0 aliphatic heterocycles. The predicted octanol–water partition coefficient (Wildman–Crippen LogP) is 2.66. The lowest BCUT2D eigenvalue weighted by Gasteiger charge is -2.36. The molecule has 1 aromatic carbocycles. The number of hydrogen-bond acceptors (Lipinski definition) is 14. The van der Waals surface area contributed by atoms with E-state index in [1.807, 2.05) is 6.08 Å². The summed E-state index contributed by atoms with van der Waals surface area (Å²) in [7, 11) is -4.27. The van der Waals surface area contributed by atoms with Crippen LogP contribution in [-0.2, 0) is 38.4 Å². The van der Waals surface area contributed by atoms with Gasteiger partial charge < -0.3 is 34.4 Å². The Morgan fingerprint density at radius 2 is 1.79 bits per heavy atom. The summed E-state index contributed by atoms with van der Waals surface area (Å²) in [5.41, 5.74) is -1.09. The molecule has 52 heavy (non-hydrogen) atoms. The van der Waals surface area contributed by atoms with Gasteiger partial charge in [-0.2, -0.15) is 0 Å². The molecule has 284 valence electrons. The summed E-state index contributed by atoms with van der Waals surface area (Å²) >= 11 is 0. The Balaban J connectivity index is 1.08. The molecule has 2 aromatic rings. The van der Waals surface area contributed by atoms with Crippen LogP contribution in [0.15, 0.2) is 68.7 Å². The van der Waals surface area contributed by atoms with Crippen LogP contribution in [0.1, 0.15) is 59.8 Å². The van der Waals surface area contributed by atoms with E-state index in [0.717, 1.165) is 6.42 Å². The number of nitrogens with zero attached hydrogens (tertiary/aromatic N) is 2. The molecule has 7 atom stereocenters. The number of rotatable bonds is 13. The standard InChI is InChI=1S/C36H46N2O13S/c1-21-11-12-25-26(35(25,4)5)19-22(2)32(42)36(43)20-23(3)30(41)29(36)31(21)50-28(40)14-13-27(39)48-17-15-47-16-18-49-33-34(38(44)51-37-33)52(45,46)24-9-7-6-8-10-24/h6-10,19,23,25-26,29-31,41,43H,1,11-18,20H2,2-5H3/b22-19+/t23-,25-,26+,29+,30-,31-,36+/m0/s1. The Morgan fingerprint density at radius 1 is 1.12 bits per heavy atom. The van der Waals surface area contributed by atoms with E-state index in [4.69, 9.17) is 18.9 Å². The average molecular weight is 747 g/mol. The van der Waals surface area contributed by atoms with Crippen LogP contribution in [0.2, 0.25) is 0 Å². The van der Waals surface area contributed by atoms with Gasteiger partial charge in [-0.15, -0.1) is 0 Å². The molecule has 0 amide bonds. The molecule has 1 aromatic heterocycles. The third-order valence-electron chi connectivity index (χ3n) is 10.6. The molecule has 0 bridgehead atoms. The Hall–Kier alpha value is -4.12. The summed E-state index contributed by atoms with van der Waals surface area (Å²) in [6.45, 7) is 11.3. The first-order valence-corrected chi connectivity index (χ1v) is 18.7. The molecule has 0 saturated heterocycles. The minimum atomic E-state index is -4.27. The highest BCUT2D eigenvalue weighted by atomic mass is 32.2. The lowest BCUT2D eigenvalue weighted by atomic mass is 9.77. The number of aliphatic hydroxyl groups is 2. The summed E-state index contributed by atoms with van der Waals surface area (Å²) < 4.78 is 51.7. The van der Waals surface area contributed by atoms with Crippen LogP contribution in [0.3, 0.4) is 0 Å². The molecule has 3 aliphatic rings. The number of sulfone groups is 1. The number of allylic oxidation sites excluding steroid dienone is 1. The van der Waals surface area contributed by atoms with E-state index in [0.29, 0.717) is 17.6 Å². The highest BCUT2D eigenvalue weighted by Gasteiger charge is 2.61. The number of aliphatic hydroxyl groups excluding tert-OH is 1. The summed E-state index contributed by atoms with van der Waals surface area (Å²) in [5.74, 6) is -3.65. The van der Waals surface area contributed by atoms with Gasteiger partial charge in [-0.1, -0.05) is 51.6 Å². The number of ether oxygens (including phenoxy) is 4. The Bertz CT molecular complexity index is 1800. The molecule has 0 radical (unpaired) electrons. The van der Waals surface area contributed by atoms with Crippen molar-refractivity contribution in [3.05, 3.63) is 59.3 Å². The summed E-state index contributed by atoms with van der Waals surface area (Å²) in [6, 6.07) is 7.23. The number of carbonyl (C=O) groups excluding carboxylic acids is 3. The third-order valence-corrected chi connectivity index (χ3v) is 12.3. The van der Waals surface area contributed by atoms with Gasteiger partial charge in [-0.05, 0) is 77.5 Å². The molecule has 5 rings (SSSR count). The third kappa shape index (κ3) is 7.94. The van der Waals surface area contributed by atoms with Gasteiger partial charge in [0.25, 0.3) is 9.84 Å². The molecule has 2 saturated carbocycles. The number of benzene rings is 1. The zero-order valence-corrected chi connectivity index (χ0v) is 30.5. The van der Waals surface area contributed by atoms with Crippen molar-refractivity contribution < 1.29 is 61.5 Å². The van der Waals surface area contributed by atoms with Gasteiger partial charge in [0.2, 0.25) is 0 Å². The van der Waals surface area contributed by atoms with E-state index >= 15 is 0 Å². The van der Waals surface area contributed by atoms with E-state index in [-0.39, 0.29) is 72.7 Å². The monoisotopic (exact) mass is 746 g/mol. The van der Waals surface area contributed by atoms with Crippen molar-refractivity contribution in [2.24, 2.45) is 29.1 Å². The van der Waals surface area contributed by atoms with Crippen molar-refractivity contribution in [2.75, 3.05) is 26.4 Å². The highest BCUT2D eigenvalue weighted by molar-refractivity contribution is 7.91. The number of esters is 2. The predicted molar refractivity (Wildman–Crippen MR) is 180 cm³/mol. The quantitative estimate of drug-likeness (QED) is 0.131. The molecule has 2 N–H and O–H groups in total. The summed E-state index contributed by atoms with van der Waals surface area (Å²) in [4.78, 5) is 38.8. The number of fused-ring (bicyclic) bond motifs is 2. The maximum Gasteiger partial charge on any atom is 0.415 e. The van der Waals surface area contributed by atoms with E-state index in [2.05, 4.69) is 30.2 Å². The van der Waals surface area contributed by atoms with Crippen molar-refractivity contribution in [3.8, 4) is 5.88 Å². The number of ketones is 1.